The zero-order valence-corrected chi connectivity index (χ0v) is 15.9. The molecular formula is C17H18BrNO4S. The van der Waals surface area contributed by atoms with Crippen LogP contribution in [0.1, 0.15) is 12.0 Å². The monoisotopic (exact) mass is 411 g/mol. The molecule has 0 aromatic heterocycles. The number of ether oxygens (including phenoxy) is 2. The van der Waals surface area contributed by atoms with Gasteiger partial charge in [0.1, 0.15) is 16.4 Å². The Kier molecular flexibility index (Phi) is 4.73. The summed E-state index contributed by atoms with van der Waals surface area (Å²) in [5.74, 6) is 0.727. The highest BCUT2D eigenvalue weighted by Gasteiger charge is 2.32. The summed E-state index contributed by atoms with van der Waals surface area (Å²) >= 11 is 3.36. The Bertz CT molecular complexity index is 867. The molecule has 0 amide bonds. The summed E-state index contributed by atoms with van der Waals surface area (Å²) in [7, 11) is -0.805. The van der Waals surface area contributed by atoms with Crippen molar-refractivity contribution in [1.29, 1.82) is 0 Å². The first-order valence-electron chi connectivity index (χ1n) is 7.51. The molecule has 0 radical (unpaired) electrons. The van der Waals surface area contributed by atoms with Gasteiger partial charge in [0.2, 0.25) is 0 Å². The van der Waals surface area contributed by atoms with Crippen molar-refractivity contribution >= 4 is 31.6 Å². The van der Waals surface area contributed by atoms with Crippen LogP contribution >= 0.6 is 15.9 Å². The number of halogens is 1. The largest absolute Gasteiger partial charge is 0.496 e. The maximum atomic E-state index is 13.3. The van der Waals surface area contributed by atoms with Crippen LogP contribution in [0.25, 0.3) is 0 Å². The van der Waals surface area contributed by atoms with E-state index in [-0.39, 0.29) is 10.6 Å². The summed E-state index contributed by atoms with van der Waals surface area (Å²) in [5, 5.41) is 0. The summed E-state index contributed by atoms with van der Waals surface area (Å²) < 4.78 is 39.2. The molecule has 128 valence electrons. The number of methoxy groups -OCH3 is 2. The van der Waals surface area contributed by atoms with Crippen LogP contribution in [0.4, 0.5) is 5.69 Å². The van der Waals surface area contributed by atoms with Crippen molar-refractivity contribution < 1.29 is 17.9 Å². The number of hydrogen-bond donors (Lipinski definition) is 0. The van der Waals surface area contributed by atoms with Crippen LogP contribution in [0.15, 0.2) is 45.8 Å². The highest BCUT2D eigenvalue weighted by molar-refractivity contribution is 9.10. The van der Waals surface area contributed by atoms with E-state index in [1.54, 1.807) is 6.07 Å². The topological polar surface area (TPSA) is 55.8 Å². The number of benzene rings is 2. The maximum Gasteiger partial charge on any atom is 0.268 e. The molecule has 5 nitrogen and oxygen atoms in total. The molecule has 1 aliphatic heterocycles. The van der Waals surface area contributed by atoms with Crippen LogP contribution in [0.3, 0.4) is 0 Å². The minimum Gasteiger partial charge on any atom is -0.496 e. The van der Waals surface area contributed by atoms with Gasteiger partial charge >= 0.3 is 0 Å². The predicted octanol–water partition coefficient (Wildman–Crippen LogP) is 3.61. The van der Waals surface area contributed by atoms with Gasteiger partial charge in [-0.05, 0) is 46.5 Å². The molecule has 0 N–H and O–H groups in total. The number of fused-ring (bicyclic) bond motifs is 1. The highest BCUT2D eigenvalue weighted by Crippen LogP contribution is 2.39. The molecule has 0 unspecified atom stereocenters. The average Bonchev–Trinajstić information content (AvgIpc) is 2.60. The molecular weight excluding hydrogens is 394 g/mol. The molecule has 0 atom stereocenters. The summed E-state index contributed by atoms with van der Waals surface area (Å²) in [6.07, 6.45) is 1.66. The van der Waals surface area contributed by atoms with Crippen molar-refractivity contribution in [2.24, 2.45) is 0 Å². The second-order valence-corrected chi connectivity index (χ2v) is 8.13. The van der Waals surface area contributed by atoms with Crippen LogP contribution in [-0.4, -0.2) is 29.2 Å². The lowest BCUT2D eigenvalue weighted by molar-refractivity contribution is 0.390. The molecule has 1 heterocycles. The fourth-order valence-electron chi connectivity index (χ4n) is 2.90. The highest BCUT2D eigenvalue weighted by atomic mass is 79.9. The van der Waals surface area contributed by atoms with Gasteiger partial charge in [0.25, 0.3) is 10.0 Å². The molecule has 2 aromatic rings. The van der Waals surface area contributed by atoms with Gasteiger partial charge in [0.15, 0.2) is 0 Å². The van der Waals surface area contributed by atoms with E-state index >= 15 is 0 Å². The normalized spacial score (nSPS) is 14.2. The summed E-state index contributed by atoms with van der Waals surface area (Å²) in [5.41, 5.74) is 1.77. The SMILES string of the molecule is COc1cc(S(=O)(=O)N2CCCc3ccccc32)c(OC)cc1Br. The Hall–Kier alpha value is -1.73. The van der Waals surface area contributed by atoms with E-state index < -0.39 is 10.0 Å². The Morgan fingerprint density at radius 2 is 1.79 bits per heavy atom. The first kappa shape index (κ1) is 17.1. The maximum absolute atomic E-state index is 13.3. The number of aryl methyl sites for hydroxylation is 1. The Labute approximate surface area is 150 Å². The lowest BCUT2D eigenvalue weighted by Gasteiger charge is -2.31. The van der Waals surface area contributed by atoms with Crippen molar-refractivity contribution in [2.75, 3.05) is 25.1 Å². The summed E-state index contributed by atoms with van der Waals surface area (Å²) in [6, 6.07) is 10.7. The molecule has 24 heavy (non-hydrogen) atoms. The van der Waals surface area contributed by atoms with E-state index in [2.05, 4.69) is 15.9 Å². The number of anilines is 1. The van der Waals surface area contributed by atoms with Crippen molar-refractivity contribution in [3.05, 3.63) is 46.4 Å². The lowest BCUT2D eigenvalue weighted by Crippen LogP contribution is -2.35. The third-order valence-electron chi connectivity index (χ3n) is 4.07. The van der Waals surface area contributed by atoms with Crippen LogP contribution in [0, 0.1) is 0 Å². The number of nitrogens with zero attached hydrogens (tertiary/aromatic N) is 1. The van der Waals surface area contributed by atoms with Crippen LogP contribution in [0.2, 0.25) is 0 Å². The standard InChI is InChI=1S/C17H18BrNO4S/c1-22-15-11-17(16(23-2)10-13(15)18)24(20,21)19-9-5-7-12-6-3-4-8-14(12)19/h3-4,6,8,10-11H,5,7,9H2,1-2H3. The zero-order chi connectivity index (χ0) is 17.3. The molecule has 1 aliphatic rings. The predicted molar refractivity (Wildman–Crippen MR) is 96.5 cm³/mol. The van der Waals surface area contributed by atoms with Gasteiger partial charge < -0.3 is 9.47 Å². The summed E-state index contributed by atoms with van der Waals surface area (Å²) in [6.45, 7) is 0.445. The van der Waals surface area contributed by atoms with E-state index in [1.165, 1.54) is 24.6 Å². The molecule has 0 saturated carbocycles. The molecule has 3 rings (SSSR count). The number of para-hydroxylation sites is 1. The van der Waals surface area contributed by atoms with Crippen LogP contribution in [-0.2, 0) is 16.4 Å². The third-order valence-corrected chi connectivity index (χ3v) is 6.53. The van der Waals surface area contributed by atoms with Gasteiger partial charge in [-0.3, -0.25) is 4.31 Å². The second-order valence-electron chi connectivity index (χ2n) is 5.45. The van der Waals surface area contributed by atoms with E-state index in [9.17, 15) is 8.42 Å². The van der Waals surface area contributed by atoms with E-state index in [0.29, 0.717) is 16.8 Å². The van der Waals surface area contributed by atoms with Crippen molar-refractivity contribution in [3.63, 3.8) is 0 Å². The van der Waals surface area contributed by atoms with Gasteiger partial charge in [-0.1, -0.05) is 18.2 Å². The lowest BCUT2D eigenvalue weighted by atomic mass is 10.0. The van der Waals surface area contributed by atoms with E-state index in [4.69, 9.17) is 9.47 Å². The first-order valence-corrected chi connectivity index (χ1v) is 9.74. The summed E-state index contributed by atoms with van der Waals surface area (Å²) in [4.78, 5) is 0.0988. The average molecular weight is 412 g/mol. The smallest absolute Gasteiger partial charge is 0.268 e. The molecule has 0 saturated heterocycles. The molecule has 0 aliphatic carbocycles. The van der Waals surface area contributed by atoms with Gasteiger partial charge in [0, 0.05) is 12.6 Å². The Morgan fingerprint density at radius 3 is 2.50 bits per heavy atom. The molecule has 2 aromatic carbocycles. The fraction of sp³-hybridized carbons (Fsp3) is 0.294. The van der Waals surface area contributed by atoms with Gasteiger partial charge in [-0.25, -0.2) is 8.42 Å². The van der Waals surface area contributed by atoms with Gasteiger partial charge in [0.05, 0.1) is 24.4 Å². The second kappa shape index (κ2) is 6.64. The molecule has 7 heteroatoms. The minimum atomic E-state index is -3.76. The fourth-order valence-corrected chi connectivity index (χ4v) is 5.08. The number of sulfonamides is 1. The number of rotatable bonds is 4. The van der Waals surface area contributed by atoms with Crippen molar-refractivity contribution in [2.45, 2.75) is 17.7 Å². The third kappa shape index (κ3) is 2.86. The molecule has 0 bridgehead atoms. The molecule has 0 spiro atoms. The van der Waals surface area contributed by atoms with Gasteiger partial charge in [-0.15, -0.1) is 0 Å². The Morgan fingerprint density at radius 1 is 1.08 bits per heavy atom. The Balaban J connectivity index is 2.16. The first-order chi connectivity index (χ1) is 11.5. The van der Waals surface area contributed by atoms with E-state index in [1.807, 2.05) is 24.3 Å². The van der Waals surface area contributed by atoms with Crippen LogP contribution < -0.4 is 13.8 Å². The van der Waals surface area contributed by atoms with Crippen molar-refractivity contribution in [1.82, 2.24) is 0 Å². The number of hydrogen-bond acceptors (Lipinski definition) is 4. The van der Waals surface area contributed by atoms with E-state index in [0.717, 1.165) is 24.1 Å². The zero-order valence-electron chi connectivity index (χ0n) is 13.5. The minimum absolute atomic E-state index is 0.0988. The van der Waals surface area contributed by atoms with Crippen molar-refractivity contribution in [3.8, 4) is 11.5 Å². The van der Waals surface area contributed by atoms with Gasteiger partial charge in [-0.2, -0.15) is 0 Å². The quantitative estimate of drug-likeness (QED) is 0.770. The molecule has 0 fully saturated rings. The van der Waals surface area contributed by atoms with Crippen LogP contribution in [0.5, 0.6) is 11.5 Å².